The fraction of sp³-hybridized carbons (Fsp3) is 0.154. The highest BCUT2D eigenvalue weighted by Crippen LogP contribution is 2.27. The van der Waals surface area contributed by atoms with Gasteiger partial charge in [-0.25, -0.2) is 4.98 Å². The van der Waals surface area contributed by atoms with Crippen LogP contribution in [0.5, 0.6) is 0 Å². The summed E-state index contributed by atoms with van der Waals surface area (Å²) in [5.41, 5.74) is 2.12. The lowest BCUT2D eigenvalue weighted by molar-refractivity contribution is 0.501. The van der Waals surface area contributed by atoms with Crippen LogP contribution >= 0.6 is 0 Å². The van der Waals surface area contributed by atoms with Crippen molar-refractivity contribution in [2.24, 2.45) is 4.99 Å². The number of aromatic nitrogens is 2. The molecular formula is C13H9N3O2. The number of fused-ring (bicyclic) bond motifs is 5. The van der Waals surface area contributed by atoms with Crippen LogP contribution in [0.2, 0.25) is 0 Å². The molecule has 0 radical (unpaired) electrons. The van der Waals surface area contributed by atoms with Crippen molar-refractivity contribution >= 4 is 5.76 Å². The monoisotopic (exact) mass is 239 g/mol. The lowest BCUT2D eigenvalue weighted by Crippen LogP contribution is -2.43. The van der Waals surface area contributed by atoms with E-state index in [0.29, 0.717) is 29.6 Å². The molecule has 0 saturated heterocycles. The molecule has 0 atom stereocenters. The van der Waals surface area contributed by atoms with E-state index in [-0.39, 0.29) is 11.3 Å². The first-order valence-electron chi connectivity index (χ1n) is 5.76. The van der Waals surface area contributed by atoms with E-state index in [1.807, 2.05) is 24.3 Å². The molecule has 88 valence electrons. The largest absolute Gasteiger partial charge is 0.505 e. The second-order valence-corrected chi connectivity index (χ2v) is 4.37. The highest BCUT2D eigenvalue weighted by atomic mass is 16.3. The molecule has 2 heterocycles. The van der Waals surface area contributed by atoms with Crippen molar-refractivity contribution in [2.75, 3.05) is 6.54 Å². The summed E-state index contributed by atoms with van der Waals surface area (Å²) in [5, 5.41) is 10.9. The summed E-state index contributed by atoms with van der Waals surface area (Å²) in [4.78, 5) is 20.1. The molecule has 0 saturated carbocycles. The van der Waals surface area contributed by atoms with Gasteiger partial charge in [0.2, 0.25) is 0 Å². The summed E-state index contributed by atoms with van der Waals surface area (Å²) in [6.07, 6.45) is 0. The topological polar surface area (TPSA) is 67.5 Å². The van der Waals surface area contributed by atoms with Gasteiger partial charge >= 0.3 is 5.56 Å². The van der Waals surface area contributed by atoms with E-state index in [1.165, 1.54) is 0 Å². The number of hydrogen-bond acceptors (Lipinski definition) is 4. The van der Waals surface area contributed by atoms with Crippen molar-refractivity contribution in [3.8, 4) is 11.3 Å². The predicted molar refractivity (Wildman–Crippen MR) is 64.7 cm³/mol. The van der Waals surface area contributed by atoms with Crippen LogP contribution in [-0.4, -0.2) is 21.2 Å². The fourth-order valence-electron chi connectivity index (χ4n) is 2.63. The SMILES string of the molecule is O=c1nc2c(n3c1=NCC3)=C(O)c1ccccc1-2. The van der Waals surface area contributed by atoms with Crippen molar-refractivity contribution in [1.29, 1.82) is 0 Å². The van der Waals surface area contributed by atoms with E-state index in [2.05, 4.69) is 9.98 Å². The van der Waals surface area contributed by atoms with E-state index in [1.54, 1.807) is 4.57 Å². The quantitative estimate of drug-likeness (QED) is 0.678. The van der Waals surface area contributed by atoms with Crippen LogP contribution in [0.4, 0.5) is 0 Å². The third kappa shape index (κ3) is 0.989. The molecule has 5 nitrogen and oxygen atoms in total. The summed E-state index contributed by atoms with van der Waals surface area (Å²) in [5.74, 6) is 0.187. The van der Waals surface area contributed by atoms with Gasteiger partial charge < -0.3 is 9.67 Å². The van der Waals surface area contributed by atoms with Crippen molar-refractivity contribution in [3.05, 3.63) is 51.0 Å². The minimum Gasteiger partial charge on any atom is -0.505 e. The van der Waals surface area contributed by atoms with Crippen molar-refractivity contribution < 1.29 is 5.11 Å². The summed E-state index contributed by atoms with van der Waals surface area (Å²) in [7, 11) is 0. The molecule has 1 aliphatic heterocycles. The van der Waals surface area contributed by atoms with Crippen molar-refractivity contribution in [2.45, 2.75) is 6.54 Å². The maximum absolute atomic E-state index is 11.9. The molecule has 0 amide bonds. The molecule has 0 fully saturated rings. The molecule has 1 aromatic heterocycles. The van der Waals surface area contributed by atoms with Gasteiger partial charge in [0.25, 0.3) is 0 Å². The van der Waals surface area contributed by atoms with Gasteiger partial charge in [0.15, 0.2) is 5.49 Å². The summed E-state index contributed by atoms with van der Waals surface area (Å²) in [6, 6.07) is 7.42. The summed E-state index contributed by atoms with van der Waals surface area (Å²) in [6.45, 7) is 1.18. The Morgan fingerprint density at radius 1 is 1.22 bits per heavy atom. The summed E-state index contributed by atoms with van der Waals surface area (Å²) < 4.78 is 1.76. The van der Waals surface area contributed by atoms with Crippen LogP contribution in [0.15, 0.2) is 34.1 Å². The van der Waals surface area contributed by atoms with Gasteiger partial charge in [-0.3, -0.25) is 9.79 Å². The molecule has 2 aromatic rings. The number of rotatable bonds is 0. The average Bonchev–Trinajstić information content (AvgIpc) is 2.95. The highest BCUT2D eigenvalue weighted by Gasteiger charge is 2.25. The fourth-order valence-corrected chi connectivity index (χ4v) is 2.63. The number of benzene rings is 1. The number of nitrogens with zero attached hydrogens (tertiary/aromatic N) is 3. The third-order valence-electron chi connectivity index (χ3n) is 3.40. The lowest BCUT2D eigenvalue weighted by atomic mass is 10.1. The standard InChI is InChI=1S/C13H9N3O2/c17-11-8-4-2-1-3-7(8)9-10(11)16-6-5-14-12(16)13(18)15-9/h1-4,17H,5-6H2. The highest BCUT2D eigenvalue weighted by molar-refractivity contribution is 5.83. The van der Waals surface area contributed by atoms with E-state index >= 15 is 0 Å². The van der Waals surface area contributed by atoms with Crippen LogP contribution in [-0.2, 0) is 6.54 Å². The Morgan fingerprint density at radius 3 is 2.83 bits per heavy atom. The zero-order chi connectivity index (χ0) is 12.3. The van der Waals surface area contributed by atoms with Crippen LogP contribution in [0, 0.1) is 0 Å². The zero-order valence-electron chi connectivity index (χ0n) is 9.42. The van der Waals surface area contributed by atoms with Gasteiger partial charge in [-0.1, -0.05) is 24.3 Å². The smallest absolute Gasteiger partial charge is 0.313 e. The zero-order valence-corrected chi connectivity index (χ0v) is 9.42. The van der Waals surface area contributed by atoms with Crippen molar-refractivity contribution in [1.82, 2.24) is 9.55 Å². The first-order chi connectivity index (χ1) is 8.77. The third-order valence-corrected chi connectivity index (χ3v) is 3.40. The minimum absolute atomic E-state index is 0.187. The van der Waals surface area contributed by atoms with Gasteiger partial charge in [0, 0.05) is 17.7 Å². The van der Waals surface area contributed by atoms with E-state index in [4.69, 9.17) is 0 Å². The molecule has 1 N–H and O–H groups in total. The molecular weight excluding hydrogens is 230 g/mol. The first kappa shape index (κ1) is 9.58. The Labute approximate surface area is 101 Å². The Kier molecular flexibility index (Phi) is 1.63. The Hall–Kier alpha value is -2.43. The minimum atomic E-state index is -0.323. The number of aliphatic hydroxyl groups is 1. The number of aliphatic hydroxyl groups excluding tert-OH is 1. The van der Waals surface area contributed by atoms with E-state index in [9.17, 15) is 9.90 Å². The van der Waals surface area contributed by atoms with Crippen molar-refractivity contribution in [3.63, 3.8) is 0 Å². The van der Waals surface area contributed by atoms with Crippen LogP contribution in [0.3, 0.4) is 0 Å². The van der Waals surface area contributed by atoms with Crippen LogP contribution in [0.25, 0.3) is 17.0 Å². The van der Waals surface area contributed by atoms with Gasteiger partial charge in [0.1, 0.15) is 16.8 Å². The van der Waals surface area contributed by atoms with Crippen LogP contribution in [0.1, 0.15) is 5.56 Å². The Bertz CT molecular complexity index is 865. The van der Waals surface area contributed by atoms with Gasteiger partial charge in [0.05, 0.1) is 6.54 Å². The van der Waals surface area contributed by atoms with Crippen LogP contribution < -0.4 is 16.4 Å². The predicted octanol–water partition coefficient (Wildman–Crippen LogP) is -0.429. The van der Waals surface area contributed by atoms with Gasteiger partial charge in [-0.2, -0.15) is 0 Å². The molecule has 1 aromatic carbocycles. The van der Waals surface area contributed by atoms with E-state index in [0.717, 1.165) is 11.1 Å². The van der Waals surface area contributed by atoms with Gasteiger partial charge in [-0.05, 0) is 0 Å². The maximum atomic E-state index is 11.9. The molecule has 0 bridgehead atoms. The van der Waals surface area contributed by atoms with E-state index < -0.39 is 0 Å². The van der Waals surface area contributed by atoms with Gasteiger partial charge in [-0.15, -0.1) is 0 Å². The normalized spacial score (nSPS) is 15.0. The number of hydrogen-bond donors (Lipinski definition) is 1. The maximum Gasteiger partial charge on any atom is 0.313 e. The lowest BCUT2D eigenvalue weighted by Gasteiger charge is -2.01. The average molecular weight is 239 g/mol. The molecule has 0 unspecified atom stereocenters. The first-order valence-corrected chi connectivity index (χ1v) is 5.76. The molecule has 18 heavy (non-hydrogen) atoms. The Morgan fingerprint density at radius 2 is 2.00 bits per heavy atom. The molecule has 0 spiro atoms. The Balaban J connectivity index is 2.28. The second kappa shape index (κ2) is 3.07. The molecule has 4 rings (SSSR count). The molecule has 5 heteroatoms. The molecule has 1 aliphatic carbocycles. The summed E-state index contributed by atoms with van der Waals surface area (Å²) >= 11 is 0. The molecule has 2 aliphatic rings. The second-order valence-electron chi connectivity index (χ2n) is 4.37.